The molecular formula is C16H16NO. The average molecular weight is 238 g/mol. The van der Waals surface area contributed by atoms with E-state index >= 15 is 0 Å². The number of nitrogens with zero attached hydrogens (tertiary/aromatic N) is 1. The molecule has 0 bridgehead atoms. The molecule has 18 heavy (non-hydrogen) atoms. The van der Waals surface area contributed by atoms with Crippen molar-refractivity contribution in [2.24, 2.45) is 4.99 Å². The van der Waals surface area contributed by atoms with Gasteiger partial charge in [0.2, 0.25) is 0 Å². The Morgan fingerprint density at radius 2 is 1.78 bits per heavy atom. The largest absolute Gasteiger partial charge is 0.478 e. The summed E-state index contributed by atoms with van der Waals surface area (Å²) >= 11 is 0. The van der Waals surface area contributed by atoms with E-state index < -0.39 is 0 Å². The van der Waals surface area contributed by atoms with Gasteiger partial charge in [-0.05, 0) is 38.7 Å². The number of hydrogen-bond acceptors (Lipinski definition) is 2. The Morgan fingerprint density at radius 1 is 1.06 bits per heavy atom. The van der Waals surface area contributed by atoms with Crippen LogP contribution >= 0.6 is 0 Å². The van der Waals surface area contributed by atoms with E-state index in [4.69, 9.17) is 4.74 Å². The predicted octanol–water partition coefficient (Wildman–Crippen LogP) is 3.02. The molecule has 91 valence electrons. The number of ether oxygens (including phenoxy) is 1. The molecule has 0 spiro atoms. The Kier molecular flexibility index (Phi) is 2.89. The van der Waals surface area contributed by atoms with Crippen molar-refractivity contribution in [3.63, 3.8) is 0 Å². The standard InChI is InChI=1S/C16H16NO/c1-16(2)11-18-15(17-16)14-10-6-9-13(14)12-7-4-3-5-8-12/h3-10H,11H2,1-2H3. The monoisotopic (exact) mass is 238 g/mol. The van der Waals surface area contributed by atoms with Gasteiger partial charge >= 0.3 is 0 Å². The summed E-state index contributed by atoms with van der Waals surface area (Å²) in [6.07, 6.45) is 6.24. The van der Waals surface area contributed by atoms with Crippen molar-refractivity contribution < 1.29 is 4.74 Å². The minimum atomic E-state index is -0.111. The van der Waals surface area contributed by atoms with Crippen LogP contribution in [-0.2, 0) is 4.74 Å². The van der Waals surface area contributed by atoms with Gasteiger partial charge in [-0.2, -0.15) is 0 Å². The summed E-state index contributed by atoms with van der Waals surface area (Å²) in [4.78, 5) is 4.64. The van der Waals surface area contributed by atoms with Crippen molar-refractivity contribution >= 4 is 5.90 Å². The molecule has 0 aromatic heterocycles. The van der Waals surface area contributed by atoms with Crippen molar-refractivity contribution in [3.05, 3.63) is 67.0 Å². The third kappa shape index (κ3) is 2.16. The molecule has 3 rings (SSSR count). The lowest BCUT2D eigenvalue weighted by atomic mass is 9.89. The highest BCUT2D eigenvalue weighted by Gasteiger charge is 2.39. The lowest BCUT2D eigenvalue weighted by Gasteiger charge is -2.17. The fourth-order valence-corrected chi connectivity index (χ4v) is 2.20. The zero-order valence-electron chi connectivity index (χ0n) is 10.7. The summed E-state index contributed by atoms with van der Waals surface area (Å²) < 4.78 is 5.72. The smallest absolute Gasteiger partial charge is 0.192 e. The van der Waals surface area contributed by atoms with Gasteiger partial charge in [0.25, 0.3) is 0 Å². The predicted molar refractivity (Wildman–Crippen MR) is 72.4 cm³/mol. The second-order valence-electron chi connectivity index (χ2n) is 5.24. The minimum absolute atomic E-state index is 0.111. The van der Waals surface area contributed by atoms with E-state index in [1.165, 1.54) is 11.5 Å². The van der Waals surface area contributed by atoms with Gasteiger partial charge in [-0.1, -0.05) is 30.3 Å². The third-order valence-electron chi connectivity index (χ3n) is 3.10. The first kappa shape index (κ1) is 11.8. The van der Waals surface area contributed by atoms with Crippen LogP contribution in [0.25, 0.3) is 0 Å². The quantitative estimate of drug-likeness (QED) is 0.776. The van der Waals surface area contributed by atoms with Crippen molar-refractivity contribution in [2.45, 2.75) is 19.4 Å². The minimum Gasteiger partial charge on any atom is -0.478 e. The lowest BCUT2D eigenvalue weighted by molar-refractivity contribution is 0.277. The third-order valence-corrected chi connectivity index (χ3v) is 3.10. The molecule has 0 atom stereocenters. The Labute approximate surface area is 109 Å². The fraction of sp³-hybridized carbons (Fsp3) is 0.250. The lowest BCUT2D eigenvalue weighted by Crippen LogP contribution is -2.17. The van der Waals surface area contributed by atoms with Gasteiger partial charge in [0, 0.05) is 5.92 Å². The fourth-order valence-electron chi connectivity index (χ4n) is 2.20. The number of aliphatic imine (C=N–C) groups is 1. The maximum atomic E-state index is 5.72. The van der Waals surface area contributed by atoms with E-state index in [0.29, 0.717) is 6.61 Å². The zero-order valence-corrected chi connectivity index (χ0v) is 10.7. The van der Waals surface area contributed by atoms with Gasteiger partial charge in [-0.3, -0.25) is 0 Å². The summed E-state index contributed by atoms with van der Waals surface area (Å²) in [7, 11) is 0. The zero-order chi connectivity index (χ0) is 12.6. The second kappa shape index (κ2) is 4.42. The average Bonchev–Trinajstić information content (AvgIpc) is 2.96. The number of benzene rings is 1. The van der Waals surface area contributed by atoms with E-state index in [0.717, 1.165) is 11.8 Å². The van der Waals surface area contributed by atoms with E-state index in [2.05, 4.69) is 50.2 Å². The van der Waals surface area contributed by atoms with Crippen LogP contribution in [0.5, 0.6) is 0 Å². The van der Waals surface area contributed by atoms with Crippen LogP contribution in [0.15, 0.2) is 35.3 Å². The number of rotatable bonds is 2. The van der Waals surface area contributed by atoms with E-state index in [1.807, 2.05) is 18.2 Å². The van der Waals surface area contributed by atoms with Gasteiger partial charge < -0.3 is 4.74 Å². The molecule has 1 saturated carbocycles. The van der Waals surface area contributed by atoms with Crippen LogP contribution in [0, 0.1) is 31.1 Å². The van der Waals surface area contributed by atoms with E-state index in [1.54, 1.807) is 0 Å². The molecule has 2 nitrogen and oxygen atoms in total. The van der Waals surface area contributed by atoms with Crippen LogP contribution in [0.4, 0.5) is 0 Å². The summed E-state index contributed by atoms with van der Waals surface area (Å²) in [5.74, 6) is 3.04. The van der Waals surface area contributed by atoms with Gasteiger partial charge in [-0.15, -0.1) is 0 Å². The normalized spacial score (nSPS) is 24.0. The van der Waals surface area contributed by atoms with E-state index in [-0.39, 0.29) is 5.54 Å². The highest BCUT2D eigenvalue weighted by atomic mass is 16.5. The molecule has 1 aromatic rings. The highest BCUT2D eigenvalue weighted by molar-refractivity contribution is 6.00. The maximum Gasteiger partial charge on any atom is 0.192 e. The molecule has 2 heteroatoms. The topological polar surface area (TPSA) is 21.6 Å². The Balaban J connectivity index is 1.85. The second-order valence-corrected chi connectivity index (χ2v) is 5.24. The highest BCUT2D eigenvalue weighted by Crippen LogP contribution is 2.41. The Bertz CT molecular complexity index is 449. The van der Waals surface area contributed by atoms with Gasteiger partial charge in [-0.25, -0.2) is 4.99 Å². The molecule has 0 unspecified atom stereocenters. The first-order valence-electron chi connectivity index (χ1n) is 6.20. The molecule has 1 aliphatic heterocycles. The molecule has 1 fully saturated rings. The van der Waals surface area contributed by atoms with Crippen molar-refractivity contribution in [1.29, 1.82) is 0 Å². The van der Waals surface area contributed by atoms with Crippen LogP contribution in [0.2, 0.25) is 0 Å². The Hall–Kier alpha value is -1.31. The molecule has 0 N–H and O–H groups in total. The SMILES string of the molecule is CC1(C)COC([C]2[CH][CH][CH][C]2c2ccccc2)=N1. The van der Waals surface area contributed by atoms with Crippen LogP contribution < -0.4 is 0 Å². The molecule has 1 aliphatic carbocycles. The van der Waals surface area contributed by atoms with Crippen molar-refractivity contribution in [2.75, 3.05) is 6.61 Å². The summed E-state index contributed by atoms with van der Waals surface area (Å²) in [6, 6.07) is 10.3. The van der Waals surface area contributed by atoms with Crippen LogP contribution in [0.3, 0.4) is 0 Å². The van der Waals surface area contributed by atoms with E-state index in [9.17, 15) is 0 Å². The maximum absolute atomic E-state index is 5.72. The van der Waals surface area contributed by atoms with Gasteiger partial charge in [0.1, 0.15) is 6.61 Å². The Morgan fingerprint density at radius 3 is 2.44 bits per heavy atom. The molecule has 1 heterocycles. The van der Waals surface area contributed by atoms with Crippen LogP contribution in [0.1, 0.15) is 19.4 Å². The summed E-state index contributed by atoms with van der Waals surface area (Å²) in [5, 5.41) is 0. The van der Waals surface area contributed by atoms with Gasteiger partial charge in [0.05, 0.1) is 11.5 Å². The van der Waals surface area contributed by atoms with Crippen molar-refractivity contribution in [3.8, 4) is 0 Å². The number of hydrogen-bond donors (Lipinski definition) is 0. The first-order chi connectivity index (χ1) is 8.66. The first-order valence-corrected chi connectivity index (χ1v) is 6.20. The summed E-state index contributed by atoms with van der Waals surface area (Å²) in [5.41, 5.74) is 1.09. The molecule has 1 aromatic carbocycles. The molecular weight excluding hydrogens is 222 g/mol. The van der Waals surface area contributed by atoms with Gasteiger partial charge in [0.15, 0.2) is 5.90 Å². The van der Waals surface area contributed by atoms with Crippen molar-refractivity contribution in [1.82, 2.24) is 0 Å². The molecule has 0 amide bonds. The molecule has 5 radical (unpaired) electrons. The molecule has 0 saturated heterocycles. The van der Waals surface area contributed by atoms with Crippen LogP contribution in [-0.4, -0.2) is 18.0 Å². The summed E-state index contributed by atoms with van der Waals surface area (Å²) in [6.45, 7) is 4.83. The molecule has 2 aliphatic rings.